The molecule has 28 heavy (non-hydrogen) atoms. The lowest BCUT2D eigenvalue weighted by Gasteiger charge is -2.26. The third kappa shape index (κ3) is 3.81. The van der Waals surface area contributed by atoms with Crippen molar-refractivity contribution in [3.8, 4) is 0 Å². The molecule has 2 heterocycles. The van der Waals surface area contributed by atoms with Crippen LogP contribution in [0, 0.1) is 5.82 Å². The fourth-order valence-corrected chi connectivity index (χ4v) is 6.30. The van der Waals surface area contributed by atoms with E-state index in [9.17, 15) is 17.6 Å². The van der Waals surface area contributed by atoms with Crippen LogP contribution in [0.4, 0.5) is 4.39 Å². The molecule has 1 fully saturated rings. The van der Waals surface area contributed by atoms with Gasteiger partial charge in [0, 0.05) is 29.3 Å². The monoisotopic (exact) mass is 420 g/mol. The third-order valence-corrected chi connectivity index (χ3v) is 8.13. The molecule has 148 valence electrons. The van der Waals surface area contributed by atoms with E-state index >= 15 is 0 Å². The van der Waals surface area contributed by atoms with Gasteiger partial charge in [0.15, 0.2) is 0 Å². The average Bonchev–Trinajstić information content (AvgIpc) is 3.24. The fourth-order valence-electron chi connectivity index (χ4n) is 3.63. The minimum absolute atomic E-state index is 0.132. The molecular formula is C20H21FN2O3S2. The number of sulfonamides is 1. The van der Waals surface area contributed by atoms with Crippen molar-refractivity contribution in [3.63, 3.8) is 0 Å². The number of fused-ring (bicyclic) bond motifs is 1. The first-order valence-electron chi connectivity index (χ1n) is 9.28. The van der Waals surface area contributed by atoms with E-state index in [2.05, 4.69) is 5.32 Å². The number of hydrogen-bond donors (Lipinski definition) is 1. The van der Waals surface area contributed by atoms with Gasteiger partial charge in [0.2, 0.25) is 10.0 Å². The molecule has 5 nitrogen and oxygen atoms in total. The van der Waals surface area contributed by atoms with Crippen LogP contribution in [-0.2, 0) is 10.0 Å². The number of nitrogens with zero attached hydrogens (tertiary/aromatic N) is 1. The van der Waals surface area contributed by atoms with Crippen molar-refractivity contribution in [1.82, 2.24) is 9.62 Å². The van der Waals surface area contributed by atoms with E-state index < -0.39 is 10.0 Å². The van der Waals surface area contributed by atoms with Crippen LogP contribution in [0.5, 0.6) is 0 Å². The Morgan fingerprint density at radius 1 is 1.14 bits per heavy atom. The molecule has 0 spiro atoms. The van der Waals surface area contributed by atoms with E-state index in [0.29, 0.717) is 19.5 Å². The highest BCUT2D eigenvalue weighted by molar-refractivity contribution is 7.99. The van der Waals surface area contributed by atoms with Crippen molar-refractivity contribution >= 4 is 27.7 Å². The van der Waals surface area contributed by atoms with Gasteiger partial charge in [-0.05, 0) is 61.2 Å². The zero-order valence-electron chi connectivity index (χ0n) is 15.2. The molecule has 2 aliphatic rings. The molecule has 0 radical (unpaired) electrons. The highest BCUT2D eigenvalue weighted by Gasteiger charge is 2.28. The summed E-state index contributed by atoms with van der Waals surface area (Å²) in [5, 5.41) is 2.94. The van der Waals surface area contributed by atoms with Crippen molar-refractivity contribution in [3.05, 3.63) is 59.4 Å². The van der Waals surface area contributed by atoms with Crippen molar-refractivity contribution in [2.24, 2.45) is 0 Å². The van der Waals surface area contributed by atoms with E-state index in [-0.39, 0.29) is 28.2 Å². The van der Waals surface area contributed by atoms with Crippen LogP contribution in [0.1, 0.15) is 41.2 Å². The number of carbonyl (C=O) groups excluding carboxylic acids is 1. The normalized spacial score (nSPS) is 20.0. The van der Waals surface area contributed by atoms with Gasteiger partial charge in [0.1, 0.15) is 5.82 Å². The van der Waals surface area contributed by atoms with Gasteiger partial charge in [0.25, 0.3) is 5.91 Å². The minimum Gasteiger partial charge on any atom is -0.345 e. The number of rotatable bonds is 4. The molecule has 1 unspecified atom stereocenters. The summed E-state index contributed by atoms with van der Waals surface area (Å²) >= 11 is 1.64. The highest BCUT2D eigenvalue weighted by Crippen LogP contribution is 2.36. The van der Waals surface area contributed by atoms with E-state index in [1.54, 1.807) is 30.0 Å². The Kier molecular flexibility index (Phi) is 5.44. The Morgan fingerprint density at radius 2 is 1.93 bits per heavy atom. The second-order valence-corrected chi connectivity index (χ2v) is 10.1. The van der Waals surface area contributed by atoms with Crippen LogP contribution in [0.15, 0.2) is 52.3 Å². The predicted molar refractivity (Wildman–Crippen MR) is 106 cm³/mol. The largest absolute Gasteiger partial charge is 0.345 e. The van der Waals surface area contributed by atoms with Gasteiger partial charge < -0.3 is 5.32 Å². The molecule has 2 aliphatic heterocycles. The first kappa shape index (κ1) is 19.4. The Hall–Kier alpha value is -1.90. The van der Waals surface area contributed by atoms with Gasteiger partial charge in [-0.3, -0.25) is 4.79 Å². The maximum Gasteiger partial charge on any atom is 0.251 e. The number of amides is 1. The first-order chi connectivity index (χ1) is 13.4. The van der Waals surface area contributed by atoms with Gasteiger partial charge in [-0.1, -0.05) is 6.07 Å². The molecule has 1 N–H and O–H groups in total. The third-order valence-electron chi connectivity index (χ3n) is 5.12. The standard InChI is InChI=1S/C20H21FN2O3S2/c21-15-6-7-19-17(13-15)18(8-11-27-19)22-20(24)14-4-3-5-16(12-14)28(25,26)23-9-1-2-10-23/h3-7,12-13,18H,1-2,8-11H2,(H,22,24). The van der Waals surface area contributed by atoms with E-state index in [1.165, 1.54) is 28.6 Å². The van der Waals surface area contributed by atoms with Gasteiger partial charge in [-0.15, -0.1) is 11.8 Å². The van der Waals surface area contributed by atoms with Crippen molar-refractivity contribution < 1.29 is 17.6 Å². The fraction of sp³-hybridized carbons (Fsp3) is 0.350. The summed E-state index contributed by atoms with van der Waals surface area (Å²) in [5.74, 6) is 0.136. The van der Waals surface area contributed by atoms with Gasteiger partial charge >= 0.3 is 0 Å². The average molecular weight is 421 g/mol. The number of carbonyl (C=O) groups is 1. The summed E-state index contributed by atoms with van der Waals surface area (Å²) in [6.07, 6.45) is 2.41. The van der Waals surface area contributed by atoms with Crippen LogP contribution in [0.3, 0.4) is 0 Å². The maximum atomic E-state index is 13.7. The van der Waals surface area contributed by atoms with Crippen LogP contribution >= 0.6 is 11.8 Å². The lowest BCUT2D eigenvalue weighted by Crippen LogP contribution is -2.31. The van der Waals surface area contributed by atoms with Crippen molar-refractivity contribution in [2.45, 2.75) is 35.1 Å². The smallest absolute Gasteiger partial charge is 0.251 e. The molecule has 0 bridgehead atoms. The Labute approximate surface area is 168 Å². The van der Waals surface area contributed by atoms with Gasteiger partial charge in [-0.2, -0.15) is 4.31 Å². The molecule has 8 heteroatoms. The number of hydrogen-bond acceptors (Lipinski definition) is 4. The molecule has 0 aromatic heterocycles. The summed E-state index contributed by atoms with van der Waals surface area (Å²) in [6, 6.07) is 10.4. The molecule has 2 aromatic rings. The van der Waals surface area contributed by atoms with E-state index in [0.717, 1.165) is 29.1 Å². The molecule has 0 aliphatic carbocycles. The zero-order valence-corrected chi connectivity index (χ0v) is 16.9. The highest BCUT2D eigenvalue weighted by atomic mass is 32.2. The summed E-state index contributed by atoms with van der Waals surface area (Å²) in [5.41, 5.74) is 1.06. The molecule has 1 atom stereocenters. The summed E-state index contributed by atoms with van der Waals surface area (Å²) < 4.78 is 40.6. The second-order valence-electron chi connectivity index (χ2n) is 6.98. The number of nitrogens with one attached hydrogen (secondary N) is 1. The lowest BCUT2D eigenvalue weighted by molar-refractivity contribution is 0.0934. The zero-order chi connectivity index (χ0) is 19.7. The number of benzene rings is 2. The quantitative estimate of drug-likeness (QED) is 0.821. The van der Waals surface area contributed by atoms with E-state index in [4.69, 9.17) is 0 Å². The second kappa shape index (κ2) is 7.85. The first-order valence-corrected chi connectivity index (χ1v) is 11.7. The Balaban J connectivity index is 1.56. The molecule has 1 amide bonds. The van der Waals surface area contributed by atoms with Crippen molar-refractivity contribution in [1.29, 1.82) is 0 Å². The van der Waals surface area contributed by atoms with Gasteiger partial charge in [-0.25, -0.2) is 12.8 Å². The summed E-state index contributed by atoms with van der Waals surface area (Å²) in [6.45, 7) is 1.03. The number of thioether (sulfide) groups is 1. The molecule has 0 saturated carbocycles. The van der Waals surface area contributed by atoms with Crippen LogP contribution < -0.4 is 5.32 Å². The Morgan fingerprint density at radius 3 is 2.71 bits per heavy atom. The molecular weight excluding hydrogens is 399 g/mol. The minimum atomic E-state index is -3.58. The molecule has 4 rings (SSSR count). The predicted octanol–water partition coefficient (Wildman–Crippen LogP) is 3.58. The van der Waals surface area contributed by atoms with Crippen LogP contribution in [0.2, 0.25) is 0 Å². The lowest BCUT2D eigenvalue weighted by atomic mass is 10.0. The van der Waals surface area contributed by atoms with Gasteiger partial charge in [0.05, 0.1) is 10.9 Å². The maximum absolute atomic E-state index is 13.7. The van der Waals surface area contributed by atoms with Crippen LogP contribution in [-0.4, -0.2) is 37.5 Å². The summed E-state index contributed by atoms with van der Waals surface area (Å²) in [7, 11) is -3.58. The number of halogens is 1. The molecule has 1 saturated heterocycles. The summed E-state index contributed by atoms with van der Waals surface area (Å²) in [4.78, 5) is 13.9. The SMILES string of the molecule is O=C(NC1CCSc2ccc(F)cc21)c1cccc(S(=O)(=O)N2CCCC2)c1. The topological polar surface area (TPSA) is 66.5 Å². The van der Waals surface area contributed by atoms with Crippen molar-refractivity contribution in [2.75, 3.05) is 18.8 Å². The van der Waals surface area contributed by atoms with Crippen LogP contribution in [0.25, 0.3) is 0 Å². The Bertz CT molecular complexity index is 1000. The van der Waals surface area contributed by atoms with E-state index in [1.807, 2.05) is 0 Å². The molecule has 2 aromatic carbocycles.